The Morgan fingerprint density at radius 3 is 2.50 bits per heavy atom. The molecule has 6 aromatic rings. The lowest BCUT2D eigenvalue weighted by Gasteiger charge is -2.16. The summed E-state index contributed by atoms with van der Waals surface area (Å²) in [6, 6.07) is 19.9. The van der Waals surface area contributed by atoms with E-state index in [0.29, 0.717) is 34.1 Å². The Bertz CT molecular complexity index is 2030. The van der Waals surface area contributed by atoms with Gasteiger partial charge in [0.1, 0.15) is 12.0 Å². The standard InChI is InChI=1S/C34H29FN4O3/c1-4-20-11-13-27-23(15-20)32(41)31(26(5-2)39(27)3)28(40)17-21-12-14-29(25(35)16-21)42-34-30-24(22-9-7-6-8-10-22)18-36-33(30)37-19-38-34/h6-16,18-19H,4-5,17H2,1-3H3,(H,36,37,38). The molecular weight excluding hydrogens is 531 g/mol. The maximum atomic E-state index is 15.4. The van der Waals surface area contributed by atoms with Crippen LogP contribution in [-0.2, 0) is 26.3 Å². The highest BCUT2D eigenvalue weighted by molar-refractivity contribution is 6.01. The van der Waals surface area contributed by atoms with Crippen LogP contribution in [0.3, 0.4) is 0 Å². The second-order valence-corrected chi connectivity index (χ2v) is 10.2. The molecule has 210 valence electrons. The number of aromatic nitrogens is 4. The van der Waals surface area contributed by atoms with E-state index in [-0.39, 0.29) is 34.8 Å². The van der Waals surface area contributed by atoms with Gasteiger partial charge in [-0.05, 0) is 53.8 Å². The lowest BCUT2D eigenvalue weighted by molar-refractivity contribution is 0.0990. The summed E-state index contributed by atoms with van der Waals surface area (Å²) < 4.78 is 23.2. The summed E-state index contributed by atoms with van der Waals surface area (Å²) in [5.74, 6) is -0.809. The van der Waals surface area contributed by atoms with E-state index in [0.717, 1.165) is 28.6 Å². The van der Waals surface area contributed by atoms with Crippen molar-refractivity contribution in [1.29, 1.82) is 0 Å². The number of ketones is 1. The molecular formula is C34H29FN4O3. The number of halogens is 1. The second kappa shape index (κ2) is 11.0. The van der Waals surface area contributed by atoms with Crippen molar-refractivity contribution in [2.75, 3.05) is 0 Å². The molecule has 0 saturated heterocycles. The number of Topliss-reactive ketones (excluding diaryl/α,β-unsaturated/α-hetero) is 1. The molecule has 0 bridgehead atoms. The van der Waals surface area contributed by atoms with Gasteiger partial charge in [0.05, 0.1) is 16.5 Å². The smallest absolute Gasteiger partial charge is 0.232 e. The predicted molar refractivity (Wildman–Crippen MR) is 162 cm³/mol. The first-order chi connectivity index (χ1) is 20.4. The second-order valence-electron chi connectivity index (χ2n) is 10.2. The Balaban J connectivity index is 1.31. The lowest BCUT2D eigenvalue weighted by Crippen LogP contribution is -2.24. The van der Waals surface area contributed by atoms with Crippen LogP contribution in [0.15, 0.2) is 84.0 Å². The average Bonchev–Trinajstić information content (AvgIpc) is 3.45. The fraction of sp³-hybridized carbons (Fsp3) is 0.176. The molecule has 42 heavy (non-hydrogen) atoms. The number of hydrogen-bond acceptors (Lipinski definition) is 5. The van der Waals surface area contributed by atoms with Crippen molar-refractivity contribution in [3.8, 4) is 22.8 Å². The topological polar surface area (TPSA) is 89.9 Å². The number of pyridine rings is 1. The fourth-order valence-corrected chi connectivity index (χ4v) is 5.53. The normalized spacial score (nSPS) is 11.3. The Kier molecular flexibility index (Phi) is 7.12. The largest absolute Gasteiger partial charge is 0.435 e. The molecule has 6 rings (SSSR count). The summed E-state index contributed by atoms with van der Waals surface area (Å²) in [7, 11) is 1.87. The average molecular weight is 561 g/mol. The van der Waals surface area contributed by atoms with Gasteiger partial charge in [-0.3, -0.25) is 9.59 Å². The molecule has 0 saturated carbocycles. The molecule has 0 spiro atoms. The van der Waals surface area contributed by atoms with Gasteiger partial charge >= 0.3 is 0 Å². The monoisotopic (exact) mass is 560 g/mol. The number of aromatic amines is 1. The Morgan fingerprint density at radius 1 is 0.976 bits per heavy atom. The van der Waals surface area contributed by atoms with Gasteiger partial charge in [-0.15, -0.1) is 0 Å². The maximum absolute atomic E-state index is 15.4. The van der Waals surface area contributed by atoms with Gasteiger partial charge in [0.15, 0.2) is 22.8 Å². The lowest BCUT2D eigenvalue weighted by atomic mass is 9.97. The molecule has 1 N–H and O–H groups in total. The highest BCUT2D eigenvalue weighted by Crippen LogP contribution is 2.36. The Morgan fingerprint density at radius 2 is 1.76 bits per heavy atom. The van der Waals surface area contributed by atoms with E-state index >= 15 is 4.39 Å². The minimum Gasteiger partial charge on any atom is -0.435 e. The molecule has 0 fully saturated rings. The van der Waals surface area contributed by atoms with Gasteiger partial charge in [0.25, 0.3) is 0 Å². The number of ether oxygens (including phenoxy) is 1. The predicted octanol–water partition coefficient (Wildman–Crippen LogP) is 6.96. The van der Waals surface area contributed by atoms with E-state index in [1.807, 2.05) is 80.2 Å². The third-order valence-corrected chi connectivity index (χ3v) is 7.70. The van der Waals surface area contributed by atoms with Crippen molar-refractivity contribution in [3.05, 3.63) is 118 Å². The first kappa shape index (κ1) is 27.1. The summed E-state index contributed by atoms with van der Waals surface area (Å²) in [5.41, 5.74) is 5.13. The van der Waals surface area contributed by atoms with Crippen molar-refractivity contribution >= 4 is 27.7 Å². The number of rotatable bonds is 8. The van der Waals surface area contributed by atoms with Gasteiger partial charge < -0.3 is 14.3 Å². The number of fused-ring (bicyclic) bond motifs is 2. The molecule has 3 heterocycles. The number of nitrogens with zero attached hydrogens (tertiary/aromatic N) is 3. The van der Waals surface area contributed by atoms with E-state index in [2.05, 4.69) is 15.0 Å². The van der Waals surface area contributed by atoms with Crippen LogP contribution in [0.4, 0.5) is 4.39 Å². The van der Waals surface area contributed by atoms with Crippen molar-refractivity contribution < 1.29 is 13.9 Å². The molecule has 0 atom stereocenters. The van der Waals surface area contributed by atoms with Crippen LogP contribution in [0, 0.1) is 5.82 Å². The molecule has 7 nitrogen and oxygen atoms in total. The molecule has 0 unspecified atom stereocenters. The molecule has 3 aromatic heterocycles. The third kappa shape index (κ3) is 4.75. The van der Waals surface area contributed by atoms with Crippen LogP contribution in [0.1, 0.15) is 41.0 Å². The zero-order chi connectivity index (χ0) is 29.4. The van der Waals surface area contributed by atoms with Crippen LogP contribution in [0.25, 0.3) is 33.1 Å². The van der Waals surface area contributed by atoms with E-state index in [1.54, 1.807) is 6.07 Å². The van der Waals surface area contributed by atoms with Crippen LogP contribution in [-0.4, -0.2) is 25.3 Å². The Labute approximate surface area is 241 Å². The molecule has 3 aromatic carbocycles. The minimum atomic E-state index is -0.640. The highest BCUT2D eigenvalue weighted by atomic mass is 19.1. The summed E-state index contributed by atoms with van der Waals surface area (Å²) in [5, 5.41) is 1.15. The Hall–Kier alpha value is -5.11. The molecule has 0 amide bonds. The summed E-state index contributed by atoms with van der Waals surface area (Å²) in [6.45, 7) is 3.94. The van der Waals surface area contributed by atoms with Gasteiger partial charge in [-0.25, -0.2) is 14.4 Å². The van der Waals surface area contributed by atoms with Crippen LogP contribution in [0.5, 0.6) is 11.6 Å². The zero-order valence-corrected chi connectivity index (χ0v) is 23.6. The first-order valence-electron chi connectivity index (χ1n) is 13.9. The van der Waals surface area contributed by atoms with Crippen LogP contribution >= 0.6 is 0 Å². The van der Waals surface area contributed by atoms with Gasteiger partial charge in [0.2, 0.25) is 5.88 Å². The number of H-pyrrole nitrogens is 1. The number of carbonyl (C=O) groups excluding carboxylic acids is 1. The summed E-state index contributed by atoms with van der Waals surface area (Å²) in [4.78, 5) is 38.8. The molecule has 8 heteroatoms. The van der Waals surface area contributed by atoms with E-state index in [4.69, 9.17) is 4.74 Å². The summed E-state index contributed by atoms with van der Waals surface area (Å²) >= 11 is 0. The number of aryl methyl sites for hydroxylation is 2. The molecule has 0 aliphatic heterocycles. The molecule has 0 aliphatic carbocycles. The van der Waals surface area contributed by atoms with Gasteiger partial charge in [-0.1, -0.05) is 56.3 Å². The quantitative estimate of drug-likeness (QED) is 0.203. The number of hydrogen-bond donors (Lipinski definition) is 1. The third-order valence-electron chi connectivity index (χ3n) is 7.70. The minimum absolute atomic E-state index is 0.0330. The molecule has 0 aliphatic rings. The van der Waals surface area contributed by atoms with Crippen molar-refractivity contribution in [1.82, 2.24) is 19.5 Å². The van der Waals surface area contributed by atoms with E-state index in [9.17, 15) is 9.59 Å². The SMILES string of the molecule is CCc1ccc2c(c1)c(=O)c(C(=O)Cc1ccc(Oc3ncnc4[nH]cc(-c5ccccc5)c34)c(F)c1)c(CC)n2C. The van der Waals surface area contributed by atoms with E-state index in [1.165, 1.54) is 18.5 Å². The van der Waals surface area contributed by atoms with Crippen molar-refractivity contribution in [2.45, 2.75) is 33.1 Å². The van der Waals surface area contributed by atoms with Crippen molar-refractivity contribution in [2.24, 2.45) is 7.05 Å². The molecule has 0 radical (unpaired) electrons. The highest BCUT2D eigenvalue weighted by Gasteiger charge is 2.22. The number of benzene rings is 3. The van der Waals surface area contributed by atoms with Crippen LogP contribution in [0.2, 0.25) is 0 Å². The van der Waals surface area contributed by atoms with Gasteiger partial charge in [0, 0.05) is 36.3 Å². The van der Waals surface area contributed by atoms with E-state index < -0.39 is 5.82 Å². The number of carbonyl (C=O) groups is 1. The van der Waals surface area contributed by atoms with Crippen molar-refractivity contribution in [3.63, 3.8) is 0 Å². The van der Waals surface area contributed by atoms with Crippen LogP contribution < -0.4 is 10.2 Å². The number of nitrogens with one attached hydrogen (secondary N) is 1. The summed E-state index contributed by atoms with van der Waals surface area (Å²) in [6.07, 6.45) is 4.34. The zero-order valence-electron chi connectivity index (χ0n) is 23.6. The fourth-order valence-electron chi connectivity index (χ4n) is 5.53. The first-order valence-corrected chi connectivity index (χ1v) is 13.9. The maximum Gasteiger partial charge on any atom is 0.232 e. The van der Waals surface area contributed by atoms with Gasteiger partial charge in [-0.2, -0.15) is 0 Å².